The van der Waals surface area contributed by atoms with Crippen molar-refractivity contribution in [2.45, 2.75) is 26.0 Å². The molecular formula is C10H24N2O2. The highest BCUT2D eigenvalue weighted by molar-refractivity contribution is 4.65. The molecule has 14 heavy (non-hydrogen) atoms. The van der Waals surface area contributed by atoms with Crippen LogP contribution in [0.15, 0.2) is 0 Å². The second kappa shape index (κ2) is 9.40. The molecule has 0 saturated carbocycles. The smallest absolute Gasteiger partial charge is 0.0667 e. The zero-order chi connectivity index (χ0) is 10.8. The summed E-state index contributed by atoms with van der Waals surface area (Å²) < 4.78 is 10.1. The van der Waals surface area contributed by atoms with Crippen molar-refractivity contribution in [1.29, 1.82) is 0 Å². The van der Waals surface area contributed by atoms with Crippen molar-refractivity contribution in [2.75, 3.05) is 40.5 Å². The summed E-state index contributed by atoms with van der Waals surface area (Å²) in [6, 6.07) is 0.462. The zero-order valence-electron chi connectivity index (χ0n) is 9.80. The molecule has 0 aromatic heterocycles. The molecule has 0 amide bonds. The monoisotopic (exact) mass is 204 g/mol. The van der Waals surface area contributed by atoms with Crippen LogP contribution in [0.4, 0.5) is 0 Å². The Hall–Kier alpha value is -0.160. The van der Waals surface area contributed by atoms with E-state index in [2.05, 4.69) is 24.5 Å². The SMILES string of the molecule is COCCNCC(C)NCC(C)OC. The second-order valence-electron chi connectivity index (χ2n) is 3.55. The van der Waals surface area contributed by atoms with Crippen LogP contribution in [0.3, 0.4) is 0 Å². The summed E-state index contributed by atoms with van der Waals surface area (Å²) in [7, 11) is 3.44. The number of nitrogens with one attached hydrogen (secondary N) is 2. The number of hydrogen-bond acceptors (Lipinski definition) is 4. The number of rotatable bonds is 9. The van der Waals surface area contributed by atoms with E-state index in [1.807, 2.05) is 0 Å². The predicted molar refractivity (Wildman–Crippen MR) is 58.7 cm³/mol. The second-order valence-corrected chi connectivity index (χ2v) is 3.55. The van der Waals surface area contributed by atoms with E-state index in [4.69, 9.17) is 9.47 Å². The summed E-state index contributed by atoms with van der Waals surface area (Å²) in [5.74, 6) is 0. The lowest BCUT2D eigenvalue weighted by molar-refractivity contribution is 0.114. The van der Waals surface area contributed by atoms with E-state index in [0.717, 1.165) is 26.2 Å². The zero-order valence-corrected chi connectivity index (χ0v) is 9.80. The molecule has 0 aliphatic carbocycles. The van der Waals surface area contributed by atoms with Crippen LogP contribution in [0.2, 0.25) is 0 Å². The standard InChI is InChI=1S/C10H24N2O2/c1-9(7-11-5-6-13-3)12-8-10(2)14-4/h9-12H,5-8H2,1-4H3. The maximum Gasteiger partial charge on any atom is 0.0667 e. The van der Waals surface area contributed by atoms with Gasteiger partial charge >= 0.3 is 0 Å². The summed E-state index contributed by atoms with van der Waals surface area (Å²) in [6.07, 6.45) is 0.274. The molecule has 0 rings (SSSR count). The molecular weight excluding hydrogens is 180 g/mol. The first-order chi connectivity index (χ1) is 6.70. The molecule has 0 heterocycles. The normalized spacial score (nSPS) is 15.4. The molecule has 0 aliphatic rings. The minimum Gasteiger partial charge on any atom is -0.383 e. The largest absolute Gasteiger partial charge is 0.383 e. The Morgan fingerprint density at radius 2 is 1.86 bits per heavy atom. The van der Waals surface area contributed by atoms with Crippen molar-refractivity contribution in [2.24, 2.45) is 0 Å². The van der Waals surface area contributed by atoms with Gasteiger partial charge in [-0.05, 0) is 13.8 Å². The molecule has 0 radical (unpaired) electrons. The van der Waals surface area contributed by atoms with Gasteiger partial charge in [0.25, 0.3) is 0 Å². The van der Waals surface area contributed by atoms with E-state index in [0.29, 0.717) is 6.04 Å². The Kier molecular flexibility index (Phi) is 9.29. The Bertz CT molecular complexity index is 123. The quantitative estimate of drug-likeness (QED) is 0.528. The third kappa shape index (κ3) is 8.44. The van der Waals surface area contributed by atoms with Crippen molar-refractivity contribution in [1.82, 2.24) is 10.6 Å². The fourth-order valence-corrected chi connectivity index (χ4v) is 1.02. The van der Waals surface area contributed by atoms with Crippen molar-refractivity contribution in [3.05, 3.63) is 0 Å². The average Bonchev–Trinajstić information content (AvgIpc) is 2.21. The van der Waals surface area contributed by atoms with Gasteiger partial charge in [0.1, 0.15) is 0 Å². The fraction of sp³-hybridized carbons (Fsp3) is 1.00. The van der Waals surface area contributed by atoms with E-state index in [1.54, 1.807) is 14.2 Å². The summed E-state index contributed by atoms with van der Waals surface area (Å²) in [5, 5.41) is 6.68. The van der Waals surface area contributed by atoms with Crippen LogP contribution in [-0.4, -0.2) is 52.6 Å². The lowest BCUT2D eigenvalue weighted by Crippen LogP contribution is -2.40. The molecule has 0 fully saturated rings. The Labute approximate surface area is 87.4 Å². The maximum atomic E-state index is 5.14. The van der Waals surface area contributed by atoms with Crippen molar-refractivity contribution >= 4 is 0 Å². The molecule has 2 unspecified atom stereocenters. The summed E-state index contributed by atoms with van der Waals surface area (Å²) in [6.45, 7) is 7.73. The Morgan fingerprint density at radius 1 is 1.14 bits per heavy atom. The van der Waals surface area contributed by atoms with Crippen molar-refractivity contribution in [3.63, 3.8) is 0 Å². The highest BCUT2D eigenvalue weighted by Crippen LogP contribution is 1.86. The lowest BCUT2D eigenvalue weighted by atomic mass is 10.3. The van der Waals surface area contributed by atoms with Crippen LogP contribution in [0, 0.1) is 0 Å². The van der Waals surface area contributed by atoms with E-state index in [-0.39, 0.29) is 6.10 Å². The molecule has 0 aliphatic heterocycles. The van der Waals surface area contributed by atoms with Gasteiger partial charge in [0.15, 0.2) is 0 Å². The first-order valence-electron chi connectivity index (χ1n) is 5.16. The Morgan fingerprint density at radius 3 is 2.43 bits per heavy atom. The van der Waals surface area contributed by atoms with Gasteiger partial charge in [0, 0.05) is 39.9 Å². The molecule has 86 valence electrons. The van der Waals surface area contributed by atoms with E-state index in [9.17, 15) is 0 Å². The first-order valence-corrected chi connectivity index (χ1v) is 5.16. The van der Waals surface area contributed by atoms with Crippen LogP contribution in [-0.2, 0) is 9.47 Å². The van der Waals surface area contributed by atoms with E-state index < -0.39 is 0 Å². The Balaban J connectivity index is 3.23. The lowest BCUT2D eigenvalue weighted by Gasteiger charge is -2.17. The number of hydrogen-bond donors (Lipinski definition) is 2. The predicted octanol–water partition coefficient (Wildman–Crippen LogP) is 0.235. The minimum atomic E-state index is 0.274. The summed E-state index contributed by atoms with van der Waals surface area (Å²) >= 11 is 0. The van der Waals surface area contributed by atoms with Crippen molar-refractivity contribution in [3.8, 4) is 0 Å². The van der Waals surface area contributed by atoms with E-state index in [1.165, 1.54) is 0 Å². The van der Waals surface area contributed by atoms with E-state index >= 15 is 0 Å². The van der Waals surface area contributed by atoms with Crippen LogP contribution >= 0.6 is 0 Å². The van der Waals surface area contributed by atoms with Gasteiger partial charge in [-0.25, -0.2) is 0 Å². The summed E-state index contributed by atoms with van der Waals surface area (Å²) in [5.41, 5.74) is 0. The van der Waals surface area contributed by atoms with Crippen LogP contribution < -0.4 is 10.6 Å². The molecule has 0 bridgehead atoms. The molecule has 4 heteroatoms. The van der Waals surface area contributed by atoms with Crippen molar-refractivity contribution < 1.29 is 9.47 Å². The fourth-order valence-electron chi connectivity index (χ4n) is 1.02. The minimum absolute atomic E-state index is 0.274. The number of ether oxygens (including phenoxy) is 2. The highest BCUT2D eigenvalue weighted by atomic mass is 16.5. The molecule has 0 saturated heterocycles. The third-order valence-electron chi connectivity index (χ3n) is 2.09. The molecule has 4 nitrogen and oxygen atoms in total. The summed E-state index contributed by atoms with van der Waals surface area (Å²) in [4.78, 5) is 0. The van der Waals surface area contributed by atoms with Gasteiger partial charge in [-0.2, -0.15) is 0 Å². The number of methoxy groups -OCH3 is 2. The molecule has 0 spiro atoms. The first kappa shape index (κ1) is 13.8. The van der Waals surface area contributed by atoms with Crippen LogP contribution in [0.1, 0.15) is 13.8 Å². The van der Waals surface area contributed by atoms with Gasteiger partial charge in [-0.1, -0.05) is 0 Å². The third-order valence-corrected chi connectivity index (χ3v) is 2.09. The van der Waals surface area contributed by atoms with Gasteiger partial charge in [0.2, 0.25) is 0 Å². The maximum absolute atomic E-state index is 5.14. The van der Waals surface area contributed by atoms with Gasteiger partial charge < -0.3 is 20.1 Å². The van der Waals surface area contributed by atoms with Gasteiger partial charge in [0.05, 0.1) is 12.7 Å². The van der Waals surface area contributed by atoms with Gasteiger partial charge in [-0.3, -0.25) is 0 Å². The molecule has 0 aromatic rings. The molecule has 0 aromatic carbocycles. The average molecular weight is 204 g/mol. The molecule has 2 atom stereocenters. The van der Waals surface area contributed by atoms with Gasteiger partial charge in [-0.15, -0.1) is 0 Å². The molecule has 2 N–H and O–H groups in total. The highest BCUT2D eigenvalue weighted by Gasteiger charge is 2.03. The van der Waals surface area contributed by atoms with Crippen LogP contribution in [0.25, 0.3) is 0 Å². The topological polar surface area (TPSA) is 42.5 Å². The van der Waals surface area contributed by atoms with Crippen LogP contribution in [0.5, 0.6) is 0 Å².